The van der Waals surface area contributed by atoms with E-state index in [9.17, 15) is 4.79 Å². The molecule has 0 aromatic heterocycles. The molecular weight excluding hydrogens is 194 g/mol. The van der Waals surface area contributed by atoms with Crippen molar-refractivity contribution in [1.29, 1.82) is 0 Å². The molecule has 0 radical (unpaired) electrons. The van der Waals surface area contributed by atoms with Crippen LogP contribution in [0.2, 0.25) is 0 Å². The first-order valence-corrected chi connectivity index (χ1v) is 5.41. The Kier molecular flexibility index (Phi) is 7.13. The molecule has 0 aliphatic rings. The van der Waals surface area contributed by atoms with Gasteiger partial charge in [-0.1, -0.05) is 13.8 Å². The van der Waals surface area contributed by atoms with E-state index >= 15 is 0 Å². The van der Waals surface area contributed by atoms with E-state index in [2.05, 4.69) is 13.8 Å². The number of amides is 1. The Hall–Kier alpha value is -0.770. The maximum absolute atomic E-state index is 11.6. The highest BCUT2D eigenvalue weighted by molar-refractivity contribution is 5.67. The molecule has 0 fully saturated rings. The van der Waals surface area contributed by atoms with Gasteiger partial charge in [0, 0.05) is 20.2 Å². The average Bonchev–Trinajstić information content (AvgIpc) is 2.10. The number of nitrogens with zero attached hydrogens (tertiary/aromatic N) is 1. The van der Waals surface area contributed by atoms with Gasteiger partial charge in [0.05, 0.1) is 12.7 Å². The number of carbonyl (C=O) groups is 1. The predicted octanol–water partition coefficient (Wildman–Crippen LogP) is 2.14. The standard InChI is InChI=1S/C11H23NO3/c1-9(2)8-12(6-7-14-5)11(13)15-10(3)4/h9-10H,6-8H2,1-5H3. The van der Waals surface area contributed by atoms with E-state index in [1.165, 1.54) is 0 Å². The van der Waals surface area contributed by atoms with Gasteiger partial charge >= 0.3 is 6.09 Å². The zero-order chi connectivity index (χ0) is 11.8. The maximum atomic E-state index is 11.6. The highest BCUT2D eigenvalue weighted by atomic mass is 16.6. The Morgan fingerprint density at radius 3 is 2.27 bits per heavy atom. The molecule has 1 amide bonds. The third-order valence-electron chi connectivity index (χ3n) is 1.75. The highest BCUT2D eigenvalue weighted by Crippen LogP contribution is 2.03. The molecule has 0 unspecified atom stereocenters. The minimum absolute atomic E-state index is 0.0743. The monoisotopic (exact) mass is 217 g/mol. The van der Waals surface area contributed by atoms with Gasteiger partial charge in [0.15, 0.2) is 0 Å². The fourth-order valence-electron chi connectivity index (χ4n) is 1.18. The minimum atomic E-state index is -0.254. The van der Waals surface area contributed by atoms with E-state index in [0.29, 0.717) is 25.6 Å². The van der Waals surface area contributed by atoms with Crippen molar-refractivity contribution in [2.45, 2.75) is 33.8 Å². The molecule has 0 rings (SSSR count). The lowest BCUT2D eigenvalue weighted by atomic mass is 10.2. The van der Waals surface area contributed by atoms with Crippen LogP contribution in [0.3, 0.4) is 0 Å². The third kappa shape index (κ3) is 7.19. The van der Waals surface area contributed by atoms with Gasteiger partial charge in [-0.15, -0.1) is 0 Å². The Balaban J connectivity index is 4.14. The first kappa shape index (κ1) is 14.2. The lowest BCUT2D eigenvalue weighted by Gasteiger charge is -2.24. The molecule has 0 aliphatic carbocycles. The van der Waals surface area contributed by atoms with Crippen LogP contribution in [-0.4, -0.2) is 43.9 Å². The molecule has 0 heterocycles. The van der Waals surface area contributed by atoms with Crippen LogP contribution >= 0.6 is 0 Å². The molecule has 90 valence electrons. The topological polar surface area (TPSA) is 38.8 Å². The number of hydrogen-bond donors (Lipinski definition) is 0. The van der Waals surface area contributed by atoms with Crippen LogP contribution < -0.4 is 0 Å². The highest BCUT2D eigenvalue weighted by Gasteiger charge is 2.16. The minimum Gasteiger partial charge on any atom is -0.447 e. The molecule has 0 atom stereocenters. The summed E-state index contributed by atoms with van der Waals surface area (Å²) in [4.78, 5) is 13.3. The number of methoxy groups -OCH3 is 1. The Morgan fingerprint density at radius 2 is 1.87 bits per heavy atom. The number of ether oxygens (including phenoxy) is 2. The molecule has 0 aromatic rings. The summed E-state index contributed by atoms with van der Waals surface area (Å²) in [5.41, 5.74) is 0. The molecule has 0 saturated carbocycles. The molecule has 0 spiro atoms. The fraction of sp³-hybridized carbons (Fsp3) is 0.909. The van der Waals surface area contributed by atoms with Gasteiger partial charge in [-0.3, -0.25) is 0 Å². The zero-order valence-electron chi connectivity index (χ0n) is 10.4. The second-order valence-corrected chi connectivity index (χ2v) is 4.27. The summed E-state index contributed by atoms with van der Waals surface area (Å²) in [5.74, 6) is 0.432. The van der Waals surface area contributed by atoms with Gasteiger partial charge in [-0.05, 0) is 19.8 Å². The smallest absolute Gasteiger partial charge is 0.410 e. The van der Waals surface area contributed by atoms with E-state index in [-0.39, 0.29) is 12.2 Å². The van der Waals surface area contributed by atoms with E-state index in [4.69, 9.17) is 9.47 Å². The summed E-state index contributed by atoms with van der Waals surface area (Å²) in [6.45, 7) is 9.67. The van der Waals surface area contributed by atoms with E-state index in [0.717, 1.165) is 0 Å². The second-order valence-electron chi connectivity index (χ2n) is 4.27. The zero-order valence-corrected chi connectivity index (χ0v) is 10.4. The van der Waals surface area contributed by atoms with Gasteiger partial charge in [-0.25, -0.2) is 4.79 Å². The molecule has 0 saturated heterocycles. The molecule has 0 aromatic carbocycles. The molecule has 15 heavy (non-hydrogen) atoms. The lowest BCUT2D eigenvalue weighted by molar-refractivity contribution is 0.0627. The van der Waals surface area contributed by atoms with Gasteiger partial charge in [0.2, 0.25) is 0 Å². The first-order valence-electron chi connectivity index (χ1n) is 5.41. The van der Waals surface area contributed by atoms with Crippen LogP contribution in [0.15, 0.2) is 0 Å². The van der Waals surface area contributed by atoms with Crippen LogP contribution in [0.4, 0.5) is 4.79 Å². The van der Waals surface area contributed by atoms with Crippen molar-refractivity contribution >= 4 is 6.09 Å². The van der Waals surface area contributed by atoms with Crippen LogP contribution in [0, 0.1) is 5.92 Å². The van der Waals surface area contributed by atoms with Crippen molar-refractivity contribution < 1.29 is 14.3 Å². The van der Waals surface area contributed by atoms with Crippen LogP contribution in [-0.2, 0) is 9.47 Å². The van der Waals surface area contributed by atoms with Crippen LogP contribution in [0.25, 0.3) is 0 Å². The van der Waals surface area contributed by atoms with Crippen molar-refractivity contribution in [2.24, 2.45) is 5.92 Å². The summed E-state index contributed by atoms with van der Waals surface area (Å²) < 4.78 is 10.1. The normalized spacial score (nSPS) is 10.9. The SMILES string of the molecule is COCCN(CC(C)C)C(=O)OC(C)C. The Labute approximate surface area is 92.5 Å². The molecule has 0 bridgehead atoms. The summed E-state index contributed by atoms with van der Waals surface area (Å²) in [6, 6.07) is 0. The van der Waals surface area contributed by atoms with Gasteiger partial charge in [-0.2, -0.15) is 0 Å². The average molecular weight is 217 g/mol. The number of rotatable bonds is 6. The van der Waals surface area contributed by atoms with E-state index in [1.54, 1.807) is 12.0 Å². The largest absolute Gasteiger partial charge is 0.447 e. The van der Waals surface area contributed by atoms with Gasteiger partial charge in [0.25, 0.3) is 0 Å². The Bertz CT molecular complexity index is 181. The predicted molar refractivity (Wildman–Crippen MR) is 59.9 cm³/mol. The van der Waals surface area contributed by atoms with Crippen molar-refractivity contribution in [3.8, 4) is 0 Å². The van der Waals surface area contributed by atoms with Crippen molar-refractivity contribution in [3.63, 3.8) is 0 Å². The van der Waals surface area contributed by atoms with Crippen LogP contribution in [0.1, 0.15) is 27.7 Å². The molecule has 0 N–H and O–H groups in total. The van der Waals surface area contributed by atoms with Gasteiger partial charge < -0.3 is 14.4 Å². The molecule has 0 aliphatic heterocycles. The van der Waals surface area contributed by atoms with E-state index < -0.39 is 0 Å². The number of hydrogen-bond acceptors (Lipinski definition) is 3. The lowest BCUT2D eigenvalue weighted by Crippen LogP contribution is -2.38. The number of carbonyl (C=O) groups excluding carboxylic acids is 1. The molecular formula is C11H23NO3. The van der Waals surface area contributed by atoms with Crippen LogP contribution in [0.5, 0.6) is 0 Å². The summed E-state index contributed by atoms with van der Waals surface area (Å²) in [7, 11) is 1.63. The first-order chi connectivity index (χ1) is 6.97. The molecule has 4 heteroatoms. The summed E-state index contributed by atoms with van der Waals surface area (Å²) in [5, 5.41) is 0. The fourth-order valence-corrected chi connectivity index (χ4v) is 1.18. The summed E-state index contributed by atoms with van der Waals surface area (Å²) >= 11 is 0. The van der Waals surface area contributed by atoms with Crippen molar-refractivity contribution in [3.05, 3.63) is 0 Å². The Morgan fingerprint density at radius 1 is 1.27 bits per heavy atom. The second kappa shape index (κ2) is 7.51. The molecule has 4 nitrogen and oxygen atoms in total. The maximum Gasteiger partial charge on any atom is 0.410 e. The van der Waals surface area contributed by atoms with Gasteiger partial charge in [0.1, 0.15) is 0 Å². The quantitative estimate of drug-likeness (QED) is 0.684. The summed E-state index contributed by atoms with van der Waals surface area (Å²) in [6.07, 6.45) is -0.328. The third-order valence-corrected chi connectivity index (χ3v) is 1.75. The van der Waals surface area contributed by atoms with Crippen molar-refractivity contribution in [2.75, 3.05) is 26.8 Å². The van der Waals surface area contributed by atoms with E-state index in [1.807, 2.05) is 13.8 Å². The van der Waals surface area contributed by atoms with Crippen molar-refractivity contribution in [1.82, 2.24) is 4.90 Å².